The summed E-state index contributed by atoms with van der Waals surface area (Å²) >= 11 is 0. The Kier molecular flexibility index (Phi) is 5.73. The van der Waals surface area contributed by atoms with Crippen LogP contribution in [0.4, 0.5) is 0 Å². The van der Waals surface area contributed by atoms with E-state index < -0.39 is 0 Å². The molecular weight excluding hydrogens is 268 g/mol. The minimum absolute atomic E-state index is 0.203. The van der Waals surface area contributed by atoms with Crippen molar-refractivity contribution in [2.24, 2.45) is 0 Å². The molecule has 0 spiro atoms. The smallest absolute Gasteiger partial charge is 0.223 e. The van der Waals surface area contributed by atoms with Crippen molar-refractivity contribution in [3.63, 3.8) is 0 Å². The Morgan fingerprint density at radius 1 is 1.48 bits per heavy atom. The molecule has 1 aromatic rings. The summed E-state index contributed by atoms with van der Waals surface area (Å²) < 4.78 is 4.93. The summed E-state index contributed by atoms with van der Waals surface area (Å²) in [6.07, 6.45) is 6.01. The van der Waals surface area contributed by atoms with Crippen molar-refractivity contribution in [2.75, 3.05) is 27.2 Å². The van der Waals surface area contributed by atoms with E-state index in [9.17, 15) is 4.79 Å². The van der Waals surface area contributed by atoms with E-state index in [1.807, 2.05) is 7.05 Å². The van der Waals surface area contributed by atoms with Crippen LogP contribution < -0.4 is 0 Å². The van der Waals surface area contributed by atoms with Gasteiger partial charge < -0.3 is 14.3 Å². The lowest BCUT2D eigenvalue weighted by Gasteiger charge is -2.32. The largest absolute Gasteiger partial charge is 0.345 e. The maximum Gasteiger partial charge on any atom is 0.223 e. The lowest BCUT2D eigenvalue weighted by Crippen LogP contribution is -2.37. The van der Waals surface area contributed by atoms with Gasteiger partial charge in [0.1, 0.15) is 0 Å². The Morgan fingerprint density at radius 2 is 2.29 bits per heavy atom. The van der Waals surface area contributed by atoms with Gasteiger partial charge in [0.15, 0.2) is 5.82 Å². The first-order valence-electron chi connectivity index (χ1n) is 7.79. The summed E-state index contributed by atoms with van der Waals surface area (Å²) in [5.41, 5.74) is 0. The molecule has 1 aliphatic heterocycles. The van der Waals surface area contributed by atoms with Crippen molar-refractivity contribution < 1.29 is 9.32 Å². The van der Waals surface area contributed by atoms with Gasteiger partial charge in [0.2, 0.25) is 11.8 Å². The van der Waals surface area contributed by atoms with E-state index >= 15 is 0 Å². The zero-order chi connectivity index (χ0) is 15.2. The summed E-state index contributed by atoms with van der Waals surface area (Å²) in [5.74, 6) is 1.44. The second-order valence-electron chi connectivity index (χ2n) is 5.96. The topological polar surface area (TPSA) is 62.5 Å². The normalized spacial score (nSPS) is 19.7. The van der Waals surface area contributed by atoms with E-state index in [-0.39, 0.29) is 5.91 Å². The molecule has 21 heavy (non-hydrogen) atoms. The van der Waals surface area contributed by atoms with Gasteiger partial charge in [0.25, 0.3) is 0 Å². The molecule has 118 valence electrons. The molecule has 0 bridgehead atoms. The Labute approximate surface area is 126 Å². The van der Waals surface area contributed by atoms with Crippen LogP contribution in [0.3, 0.4) is 0 Å². The molecule has 0 aliphatic carbocycles. The molecule has 1 saturated heterocycles. The second-order valence-corrected chi connectivity index (χ2v) is 5.96. The fourth-order valence-electron chi connectivity index (χ4n) is 2.83. The average Bonchev–Trinajstić information content (AvgIpc) is 2.89. The number of rotatable bonds is 6. The predicted octanol–water partition coefficient (Wildman–Crippen LogP) is 1.64. The Bertz CT molecular complexity index is 460. The fraction of sp³-hybridized carbons (Fsp3) is 0.800. The maximum absolute atomic E-state index is 12.2. The van der Waals surface area contributed by atoms with Crippen molar-refractivity contribution in [1.29, 1.82) is 0 Å². The van der Waals surface area contributed by atoms with Crippen LogP contribution in [0.2, 0.25) is 0 Å². The Morgan fingerprint density at radius 3 is 2.95 bits per heavy atom. The number of carbonyl (C=O) groups excluding carboxylic acids is 1. The highest BCUT2D eigenvalue weighted by atomic mass is 16.5. The van der Waals surface area contributed by atoms with Crippen molar-refractivity contribution in [2.45, 2.75) is 51.5 Å². The zero-order valence-electron chi connectivity index (χ0n) is 13.3. The van der Waals surface area contributed by atoms with Crippen LogP contribution in [0.1, 0.15) is 43.8 Å². The third-order valence-corrected chi connectivity index (χ3v) is 4.28. The average molecular weight is 294 g/mol. The molecule has 1 fully saturated rings. The molecule has 1 aromatic heterocycles. The molecular formula is C15H26N4O2. The summed E-state index contributed by atoms with van der Waals surface area (Å²) in [5, 5.41) is 3.85. The molecule has 1 atom stereocenters. The lowest BCUT2D eigenvalue weighted by atomic mass is 9.98. The van der Waals surface area contributed by atoms with Gasteiger partial charge in [-0.25, -0.2) is 0 Å². The highest BCUT2D eigenvalue weighted by molar-refractivity contribution is 5.75. The number of likely N-dealkylation sites (tertiary alicyclic amines) is 1. The minimum Gasteiger partial charge on any atom is -0.345 e. The van der Waals surface area contributed by atoms with Crippen LogP contribution in [0, 0.1) is 6.92 Å². The summed E-state index contributed by atoms with van der Waals surface area (Å²) in [6, 6.07) is 0.566. The van der Waals surface area contributed by atoms with E-state index in [1.54, 1.807) is 11.8 Å². The minimum atomic E-state index is 0.203. The number of carbonyl (C=O) groups is 1. The van der Waals surface area contributed by atoms with Gasteiger partial charge in [0, 0.05) is 39.4 Å². The van der Waals surface area contributed by atoms with Crippen LogP contribution in [0.15, 0.2) is 4.52 Å². The first-order valence-corrected chi connectivity index (χ1v) is 7.79. The molecule has 0 unspecified atom stereocenters. The van der Waals surface area contributed by atoms with Crippen LogP contribution in [-0.2, 0) is 11.2 Å². The number of hydrogen-bond acceptors (Lipinski definition) is 5. The van der Waals surface area contributed by atoms with Gasteiger partial charge in [-0.05, 0) is 32.9 Å². The molecule has 0 radical (unpaired) electrons. The predicted molar refractivity (Wildman–Crippen MR) is 79.9 cm³/mol. The third-order valence-electron chi connectivity index (χ3n) is 4.28. The first-order chi connectivity index (χ1) is 10.1. The highest BCUT2D eigenvalue weighted by Crippen LogP contribution is 2.19. The standard InChI is InChI=1S/C15H26N4O2/c1-12-16-14(17-21-12)9-11-19(3)15(20)8-7-13-6-4-5-10-18(13)2/h13H,4-11H2,1-3H3/t13-/m1/s1. The zero-order valence-corrected chi connectivity index (χ0v) is 13.3. The Balaban J connectivity index is 1.69. The molecule has 0 aromatic carbocycles. The highest BCUT2D eigenvalue weighted by Gasteiger charge is 2.20. The summed E-state index contributed by atoms with van der Waals surface area (Å²) in [4.78, 5) is 20.5. The van der Waals surface area contributed by atoms with Crippen LogP contribution in [0.5, 0.6) is 0 Å². The molecule has 6 nitrogen and oxygen atoms in total. The monoisotopic (exact) mass is 294 g/mol. The number of aryl methyl sites for hydroxylation is 1. The van der Waals surface area contributed by atoms with Crippen molar-refractivity contribution in [3.8, 4) is 0 Å². The quantitative estimate of drug-likeness (QED) is 0.798. The van der Waals surface area contributed by atoms with Gasteiger partial charge in [-0.2, -0.15) is 4.98 Å². The second kappa shape index (κ2) is 7.54. The summed E-state index contributed by atoms with van der Waals surface area (Å²) in [6.45, 7) is 3.57. The van der Waals surface area contributed by atoms with Crippen molar-refractivity contribution >= 4 is 5.91 Å². The summed E-state index contributed by atoms with van der Waals surface area (Å²) in [7, 11) is 4.01. The lowest BCUT2D eigenvalue weighted by molar-refractivity contribution is -0.130. The van der Waals surface area contributed by atoms with Gasteiger partial charge in [0.05, 0.1) is 0 Å². The number of piperidine rings is 1. The van der Waals surface area contributed by atoms with E-state index in [0.717, 1.165) is 13.0 Å². The van der Waals surface area contributed by atoms with Crippen LogP contribution in [0.25, 0.3) is 0 Å². The first kappa shape index (κ1) is 15.9. The molecule has 2 heterocycles. The number of aromatic nitrogens is 2. The number of amides is 1. The fourth-order valence-corrected chi connectivity index (χ4v) is 2.83. The van der Waals surface area contributed by atoms with Gasteiger partial charge >= 0.3 is 0 Å². The number of hydrogen-bond donors (Lipinski definition) is 0. The van der Waals surface area contributed by atoms with Gasteiger partial charge in [-0.3, -0.25) is 4.79 Å². The molecule has 1 amide bonds. The third kappa shape index (κ3) is 4.81. The van der Waals surface area contributed by atoms with Crippen LogP contribution in [-0.4, -0.2) is 59.1 Å². The van der Waals surface area contributed by atoms with E-state index in [4.69, 9.17) is 4.52 Å². The molecule has 1 aliphatic rings. The van der Waals surface area contributed by atoms with Crippen molar-refractivity contribution in [3.05, 3.63) is 11.7 Å². The molecule has 2 rings (SSSR count). The van der Waals surface area contributed by atoms with Crippen molar-refractivity contribution in [1.82, 2.24) is 19.9 Å². The molecule has 0 saturated carbocycles. The Hall–Kier alpha value is -1.43. The van der Waals surface area contributed by atoms with E-state index in [1.165, 1.54) is 19.3 Å². The van der Waals surface area contributed by atoms with Gasteiger partial charge in [-0.1, -0.05) is 11.6 Å². The molecule has 6 heteroatoms. The van der Waals surface area contributed by atoms with Gasteiger partial charge in [-0.15, -0.1) is 0 Å². The number of likely N-dealkylation sites (N-methyl/N-ethyl adjacent to an activating group) is 1. The SMILES string of the molecule is Cc1nc(CCN(C)C(=O)CC[C@H]2CCCCN2C)no1. The van der Waals surface area contributed by atoms with Crippen LogP contribution >= 0.6 is 0 Å². The maximum atomic E-state index is 12.2. The van der Waals surface area contributed by atoms with E-state index in [0.29, 0.717) is 37.1 Å². The van der Waals surface area contributed by atoms with E-state index in [2.05, 4.69) is 22.1 Å². The molecule has 0 N–H and O–H groups in total. The number of nitrogens with zero attached hydrogens (tertiary/aromatic N) is 4.